The first-order chi connectivity index (χ1) is 6.57. The molecule has 0 heterocycles. The Morgan fingerprint density at radius 2 is 2.21 bits per heavy atom. The summed E-state index contributed by atoms with van der Waals surface area (Å²) in [7, 11) is 0. The number of nitro benzene ring substituents is 1. The Balaban J connectivity index is 3.36. The van der Waals surface area contributed by atoms with Crippen LogP contribution in [0.25, 0.3) is 0 Å². The molecule has 0 fully saturated rings. The van der Waals surface area contributed by atoms with Crippen molar-refractivity contribution in [3.8, 4) is 0 Å². The third-order valence-corrected chi connectivity index (χ3v) is 2.58. The summed E-state index contributed by atoms with van der Waals surface area (Å²) in [5.41, 5.74) is 0.395. The van der Waals surface area contributed by atoms with Crippen LogP contribution >= 0.6 is 15.9 Å². The number of hydrogen-bond donors (Lipinski definition) is 0. The molecule has 0 aliphatic heterocycles. The Morgan fingerprint density at radius 1 is 1.57 bits per heavy atom. The quantitative estimate of drug-likeness (QED) is 0.475. The molecular weight excluding hydrogens is 250 g/mol. The minimum atomic E-state index is -0.486. The van der Waals surface area contributed by atoms with Crippen LogP contribution in [0, 0.1) is 10.1 Å². The molecule has 0 saturated carbocycles. The van der Waals surface area contributed by atoms with Gasteiger partial charge in [-0.3, -0.25) is 10.1 Å². The fourth-order valence-corrected chi connectivity index (χ4v) is 1.92. The van der Waals surface area contributed by atoms with Crippen LogP contribution in [0.5, 0.6) is 0 Å². The molecule has 14 heavy (non-hydrogen) atoms. The minimum Gasteiger partial charge on any atom is -0.303 e. The lowest BCUT2D eigenvalue weighted by Crippen LogP contribution is -2.01. The van der Waals surface area contributed by atoms with Gasteiger partial charge in [0.05, 0.1) is 10.5 Å². The van der Waals surface area contributed by atoms with Crippen molar-refractivity contribution in [1.29, 1.82) is 0 Å². The largest absolute Gasteiger partial charge is 0.303 e. The van der Waals surface area contributed by atoms with Crippen molar-refractivity contribution in [2.24, 2.45) is 0 Å². The lowest BCUT2D eigenvalue weighted by atomic mass is 10.0. The van der Waals surface area contributed by atoms with Crippen LogP contribution in [0.15, 0.2) is 22.7 Å². The van der Waals surface area contributed by atoms with Crippen LogP contribution in [0.2, 0.25) is 0 Å². The third kappa shape index (κ3) is 1.98. The van der Waals surface area contributed by atoms with Crippen LogP contribution in [-0.4, -0.2) is 11.2 Å². The van der Waals surface area contributed by atoms with Crippen molar-refractivity contribution in [1.82, 2.24) is 0 Å². The number of hydrogen-bond acceptors (Lipinski definition) is 3. The summed E-state index contributed by atoms with van der Waals surface area (Å²) in [5.74, 6) is -0.481. The maximum atomic E-state index is 10.7. The fraction of sp³-hybridized carbons (Fsp3) is 0.222. The van der Waals surface area contributed by atoms with E-state index in [1.807, 2.05) is 0 Å². The van der Waals surface area contributed by atoms with Gasteiger partial charge in [-0.05, 0) is 6.07 Å². The molecule has 74 valence electrons. The highest BCUT2D eigenvalue weighted by molar-refractivity contribution is 9.10. The van der Waals surface area contributed by atoms with Gasteiger partial charge in [0.25, 0.3) is 5.69 Å². The van der Waals surface area contributed by atoms with E-state index in [0.29, 0.717) is 16.3 Å². The monoisotopic (exact) mass is 257 g/mol. The number of nitro groups is 1. The number of carbonyl (C=O) groups excluding carboxylic acids is 1. The standard InChI is InChI=1S/C9H8BrNO3/c1-6(5-12)9-7(10)3-2-4-8(9)11(13)14/h2-6H,1H3. The second-order valence-electron chi connectivity index (χ2n) is 2.85. The predicted molar refractivity (Wildman–Crippen MR) is 55.3 cm³/mol. The van der Waals surface area contributed by atoms with E-state index in [1.54, 1.807) is 19.1 Å². The molecular formula is C9H8BrNO3. The second-order valence-corrected chi connectivity index (χ2v) is 3.71. The molecule has 0 spiro atoms. The average molecular weight is 258 g/mol. The van der Waals surface area contributed by atoms with E-state index in [1.165, 1.54) is 6.07 Å². The van der Waals surface area contributed by atoms with Gasteiger partial charge in [0, 0.05) is 16.5 Å². The summed E-state index contributed by atoms with van der Waals surface area (Å²) in [6.45, 7) is 1.63. The Kier molecular flexibility index (Phi) is 3.35. The van der Waals surface area contributed by atoms with Crippen LogP contribution < -0.4 is 0 Å². The van der Waals surface area contributed by atoms with Gasteiger partial charge in [0.2, 0.25) is 0 Å². The molecule has 1 aromatic carbocycles. The Morgan fingerprint density at radius 3 is 2.71 bits per heavy atom. The molecule has 0 radical (unpaired) electrons. The smallest absolute Gasteiger partial charge is 0.274 e. The van der Waals surface area contributed by atoms with E-state index < -0.39 is 10.8 Å². The second kappa shape index (κ2) is 4.32. The molecule has 0 amide bonds. The van der Waals surface area contributed by atoms with Crippen molar-refractivity contribution >= 4 is 27.9 Å². The van der Waals surface area contributed by atoms with Crippen LogP contribution in [0.4, 0.5) is 5.69 Å². The highest BCUT2D eigenvalue weighted by atomic mass is 79.9. The van der Waals surface area contributed by atoms with Gasteiger partial charge in [-0.2, -0.15) is 0 Å². The molecule has 0 N–H and O–H groups in total. The topological polar surface area (TPSA) is 60.2 Å². The van der Waals surface area contributed by atoms with Gasteiger partial charge in [0.15, 0.2) is 0 Å². The summed E-state index contributed by atoms with van der Waals surface area (Å²) < 4.78 is 0.589. The molecule has 1 rings (SSSR count). The van der Waals surface area contributed by atoms with Crippen LogP contribution in [-0.2, 0) is 4.79 Å². The molecule has 5 heteroatoms. The molecule has 0 bridgehead atoms. The van der Waals surface area contributed by atoms with Gasteiger partial charge >= 0.3 is 0 Å². The van der Waals surface area contributed by atoms with Crippen molar-refractivity contribution < 1.29 is 9.72 Å². The highest BCUT2D eigenvalue weighted by Crippen LogP contribution is 2.32. The highest BCUT2D eigenvalue weighted by Gasteiger charge is 2.20. The maximum absolute atomic E-state index is 10.7. The first-order valence-electron chi connectivity index (χ1n) is 3.96. The number of benzene rings is 1. The number of carbonyl (C=O) groups is 1. The molecule has 0 aliphatic carbocycles. The van der Waals surface area contributed by atoms with Crippen molar-refractivity contribution in [2.45, 2.75) is 12.8 Å². The zero-order valence-electron chi connectivity index (χ0n) is 7.44. The van der Waals surface area contributed by atoms with Gasteiger partial charge in [-0.15, -0.1) is 0 Å². The van der Waals surface area contributed by atoms with E-state index in [-0.39, 0.29) is 5.69 Å². The molecule has 0 aliphatic rings. The maximum Gasteiger partial charge on any atom is 0.274 e. The number of rotatable bonds is 3. The summed E-state index contributed by atoms with van der Waals surface area (Å²) in [4.78, 5) is 20.8. The summed E-state index contributed by atoms with van der Waals surface area (Å²) >= 11 is 3.19. The fourth-order valence-electron chi connectivity index (χ4n) is 1.20. The van der Waals surface area contributed by atoms with E-state index in [2.05, 4.69) is 15.9 Å². The van der Waals surface area contributed by atoms with Crippen molar-refractivity contribution in [3.05, 3.63) is 38.3 Å². The Hall–Kier alpha value is -1.23. The normalized spacial score (nSPS) is 12.1. The first-order valence-corrected chi connectivity index (χ1v) is 4.75. The lowest BCUT2D eigenvalue weighted by molar-refractivity contribution is -0.385. The average Bonchev–Trinajstić information content (AvgIpc) is 2.16. The van der Waals surface area contributed by atoms with E-state index >= 15 is 0 Å². The molecule has 0 aromatic heterocycles. The van der Waals surface area contributed by atoms with E-state index in [4.69, 9.17) is 0 Å². The number of nitrogens with zero attached hydrogens (tertiary/aromatic N) is 1. The van der Waals surface area contributed by atoms with Crippen LogP contribution in [0.3, 0.4) is 0 Å². The third-order valence-electron chi connectivity index (χ3n) is 1.89. The van der Waals surface area contributed by atoms with Crippen molar-refractivity contribution in [2.75, 3.05) is 0 Å². The van der Waals surface area contributed by atoms with Gasteiger partial charge in [-0.1, -0.05) is 28.9 Å². The van der Waals surface area contributed by atoms with E-state index in [0.717, 1.165) is 0 Å². The predicted octanol–water partition coefficient (Wildman–Crippen LogP) is 2.66. The van der Waals surface area contributed by atoms with Gasteiger partial charge in [-0.25, -0.2) is 0 Å². The summed E-state index contributed by atoms with van der Waals surface area (Å²) in [5, 5.41) is 10.7. The number of halogens is 1. The molecule has 1 aromatic rings. The van der Waals surface area contributed by atoms with Gasteiger partial charge < -0.3 is 4.79 Å². The first kappa shape index (κ1) is 10.8. The zero-order valence-corrected chi connectivity index (χ0v) is 9.02. The van der Waals surface area contributed by atoms with E-state index in [9.17, 15) is 14.9 Å². The Labute approximate surface area is 89.2 Å². The molecule has 4 nitrogen and oxygen atoms in total. The number of aldehydes is 1. The zero-order chi connectivity index (χ0) is 10.7. The molecule has 1 unspecified atom stereocenters. The summed E-state index contributed by atoms with van der Waals surface area (Å²) in [6, 6.07) is 4.64. The molecule has 0 saturated heterocycles. The van der Waals surface area contributed by atoms with Crippen LogP contribution in [0.1, 0.15) is 18.4 Å². The van der Waals surface area contributed by atoms with Gasteiger partial charge in [0.1, 0.15) is 6.29 Å². The SMILES string of the molecule is CC(C=O)c1c(Br)cccc1[N+](=O)[O-]. The molecule has 1 atom stereocenters. The lowest BCUT2D eigenvalue weighted by Gasteiger charge is -2.07. The van der Waals surface area contributed by atoms with Crippen molar-refractivity contribution in [3.63, 3.8) is 0 Å². The summed E-state index contributed by atoms with van der Waals surface area (Å²) in [6.07, 6.45) is 0.688. The minimum absolute atomic E-state index is 0.0287. The Bertz CT molecular complexity index is 378.